The standard InChI is InChI=1S/C16H31NO2/c1-15(2,3)13-7-6-12(18)8-14(13)17(5)9-16(4)10-19-11-16/h12-14,18H,6-11H2,1-5H3. The van der Waals surface area contributed by atoms with Crippen molar-refractivity contribution in [2.75, 3.05) is 26.8 Å². The van der Waals surface area contributed by atoms with Crippen LogP contribution in [0, 0.1) is 16.7 Å². The molecule has 1 aliphatic heterocycles. The third-order valence-electron chi connectivity index (χ3n) is 5.00. The number of hydrogen-bond acceptors (Lipinski definition) is 3. The Hall–Kier alpha value is -0.120. The predicted octanol–water partition coefficient (Wildman–Crippen LogP) is 2.53. The lowest BCUT2D eigenvalue weighted by Crippen LogP contribution is -2.54. The van der Waals surface area contributed by atoms with E-state index < -0.39 is 0 Å². The zero-order chi connectivity index (χ0) is 14.3. The van der Waals surface area contributed by atoms with Gasteiger partial charge in [0.15, 0.2) is 0 Å². The van der Waals surface area contributed by atoms with Crippen molar-refractivity contribution in [1.82, 2.24) is 4.90 Å². The Morgan fingerprint density at radius 2 is 1.89 bits per heavy atom. The molecule has 1 saturated heterocycles. The van der Waals surface area contributed by atoms with Crippen molar-refractivity contribution >= 4 is 0 Å². The van der Waals surface area contributed by atoms with Crippen LogP contribution in [0.1, 0.15) is 47.0 Å². The zero-order valence-corrected chi connectivity index (χ0v) is 13.3. The molecule has 1 heterocycles. The smallest absolute Gasteiger partial charge is 0.0555 e. The van der Waals surface area contributed by atoms with Gasteiger partial charge in [-0.2, -0.15) is 0 Å². The van der Waals surface area contributed by atoms with Gasteiger partial charge in [0.25, 0.3) is 0 Å². The van der Waals surface area contributed by atoms with Crippen LogP contribution in [0.25, 0.3) is 0 Å². The summed E-state index contributed by atoms with van der Waals surface area (Å²) in [6.07, 6.45) is 2.92. The fourth-order valence-electron chi connectivity index (χ4n) is 3.88. The minimum atomic E-state index is -0.114. The first kappa shape index (κ1) is 15.3. The van der Waals surface area contributed by atoms with E-state index in [9.17, 15) is 5.11 Å². The molecule has 0 aromatic rings. The van der Waals surface area contributed by atoms with Gasteiger partial charge in [0.2, 0.25) is 0 Å². The van der Waals surface area contributed by atoms with E-state index in [4.69, 9.17) is 4.74 Å². The van der Waals surface area contributed by atoms with Crippen LogP contribution in [0.2, 0.25) is 0 Å². The molecule has 0 radical (unpaired) electrons. The number of ether oxygens (including phenoxy) is 1. The van der Waals surface area contributed by atoms with Gasteiger partial charge < -0.3 is 14.7 Å². The van der Waals surface area contributed by atoms with Crippen LogP contribution >= 0.6 is 0 Å². The van der Waals surface area contributed by atoms with E-state index in [2.05, 4.69) is 39.6 Å². The molecule has 1 aliphatic carbocycles. The Kier molecular flexibility index (Phi) is 4.29. The van der Waals surface area contributed by atoms with Crippen molar-refractivity contribution in [3.63, 3.8) is 0 Å². The molecular formula is C16H31NO2. The molecule has 0 aromatic carbocycles. The highest BCUT2D eigenvalue weighted by atomic mass is 16.5. The van der Waals surface area contributed by atoms with Gasteiger partial charge in [0.05, 0.1) is 19.3 Å². The largest absolute Gasteiger partial charge is 0.393 e. The lowest BCUT2D eigenvalue weighted by Gasteiger charge is -2.49. The minimum Gasteiger partial charge on any atom is -0.393 e. The molecule has 0 amide bonds. The summed E-state index contributed by atoms with van der Waals surface area (Å²) in [5, 5.41) is 10.0. The highest BCUT2D eigenvalue weighted by molar-refractivity contribution is 4.94. The maximum atomic E-state index is 10.0. The summed E-state index contributed by atoms with van der Waals surface area (Å²) in [4.78, 5) is 2.49. The lowest BCUT2D eigenvalue weighted by atomic mass is 9.68. The normalized spacial score (nSPS) is 35.2. The lowest BCUT2D eigenvalue weighted by molar-refractivity contribution is -0.124. The number of aliphatic hydroxyl groups excluding tert-OH is 1. The quantitative estimate of drug-likeness (QED) is 0.854. The predicted molar refractivity (Wildman–Crippen MR) is 78.1 cm³/mol. The minimum absolute atomic E-state index is 0.114. The van der Waals surface area contributed by atoms with Crippen LogP contribution in [0.15, 0.2) is 0 Å². The van der Waals surface area contributed by atoms with Gasteiger partial charge in [0, 0.05) is 18.0 Å². The zero-order valence-electron chi connectivity index (χ0n) is 13.3. The molecular weight excluding hydrogens is 238 g/mol. The summed E-state index contributed by atoms with van der Waals surface area (Å²) < 4.78 is 5.37. The highest BCUT2D eigenvalue weighted by Crippen LogP contribution is 2.41. The van der Waals surface area contributed by atoms with Crippen molar-refractivity contribution in [1.29, 1.82) is 0 Å². The van der Waals surface area contributed by atoms with Crippen molar-refractivity contribution in [3.05, 3.63) is 0 Å². The molecule has 0 bridgehead atoms. The monoisotopic (exact) mass is 269 g/mol. The number of aliphatic hydroxyl groups is 1. The second kappa shape index (κ2) is 5.34. The topological polar surface area (TPSA) is 32.7 Å². The Morgan fingerprint density at radius 3 is 2.37 bits per heavy atom. The van der Waals surface area contributed by atoms with Gasteiger partial charge in [-0.15, -0.1) is 0 Å². The Balaban J connectivity index is 2.04. The van der Waals surface area contributed by atoms with E-state index in [1.807, 2.05) is 0 Å². The first-order valence-corrected chi connectivity index (χ1v) is 7.67. The molecule has 2 fully saturated rings. The van der Waals surface area contributed by atoms with E-state index >= 15 is 0 Å². The van der Waals surface area contributed by atoms with Gasteiger partial charge in [-0.3, -0.25) is 0 Å². The third-order valence-corrected chi connectivity index (χ3v) is 5.00. The molecule has 1 N–H and O–H groups in total. The van der Waals surface area contributed by atoms with Crippen LogP contribution < -0.4 is 0 Å². The van der Waals surface area contributed by atoms with E-state index in [0.717, 1.165) is 39.0 Å². The molecule has 2 rings (SSSR count). The molecule has 0 aromatic heterocycles. The molecule has 3 heteroatoms. The molecule has 3 atom stereocenters. The van der Waals surface area contributed by atoms with Crippen LogP contribution in [0.3, 0.4) is 0 Å². The number of rotatable bonds is 3. The average Bonchev–Trinajstić information content (AvgIpc) is 2.25. The van der Waals surface area contributed by atoms with E-state index in [-0.39, 0.29) is 6.10 Å². The second-order valence-corrected chi connectivity index (χ2v) is 8.23. The summed E-state index contributed by atoms with van der Waals surface area (Å²) >= 11 is 0. The summed E-state index contributed by atoms with van der Waals surface area (Å²) in [7, 11) is 2.23. The summed E-state index contributed by atoms with van der Waals surface area (Å²) in [6, 6.07) is 0.501. The Labute approximate surface area is 118 Å². The van der Waals surface area contributed by atoms with Crippen molar-refractivity contribution in [3.8, 4) is 0 Å². The van der Waals surface area contributed by atoms with Crippen LogP contribution in [0.4, 0.5) is 0 Å². The highest BCUT2D eigenvalue weighted by Gasteiger charge is 2.42. The van der Waals surface area contributed by atoms with E-state index in [1.165, 1.54) is 0 Å². The molecule has 1 saturated carbocycles. The van der Waals surface area contributed by atoms with Crippen LogP contribution in [0.5, 0.6) is 0 Å². The summed E-state index contributed by atoms with van der Waals surface area (Å²) in [6.45, 7) is 12.2. The molecule has 0 spiro atoms. The van der Waals surface area contributed by atoms with Crippen LogP contribution in [-0.4, -0.2) is 49.0 Å². The van der Waals surface area contributed by atoms with Crippen molar-refractivity contribution < 1.29 is 9.84 Å². The van der Waals surface area contributed by atoms with Gasteiger partial charge in [-0.1, -0.05) is 27.7 Å². The first-order chi connectivity index (χ1) is 8.71. The summed E-state index contributed by atoms with van der Waals surface area (Å²) in [5.41, 5.74) is 0.635. The fraction of sp³-hybridized carbons (Fsp3) is 1.00. The molecule has 2 aliphatic rings. The van der Waals surface area contributed by atoms with Gasteiger partial charge in [-0.05, 0) is 37.6 Å². The van der Waals surface area contributed by atoms with Gasteiger partial charge >= 0.3 is 0 Å². The first-order valence-electron chi connectivity index (χ1n) is 7.67. The maximum Gasteiger partial charge on any atom is 0.0555 e. The molecule has 112 valence electrons. The van der Waals surface area contributed by atoms with Crippen molar-refractivity contribution in [2.45, 2.75) is 59.1 Å². The molecule has 3 unspecified atom stereocenters. The van der Waals surface area contributed by atoms with Crippen LogP contribution in [-0.2, 0) is 4.74 Å². The Morgan fingerprint density at radius 1 is 1.26 bits per heavy atom. The fourth-order valence-corrected chi connectivity index (χ4v) is 3.88. The Bertz CT molecular complexity index is 306. The SMILES string of the molecule is CN(CC1(C)COC1)C1CC(O)CCC1C(C)(C)C. The summed E-state index contributed by atoms with van der Waals surface area (Å²) in [5.74, 6) is 0.672. The molecule has 3 nitrogen and oxygen atoms in total. The van der Waals surface area contributed by atoms with Crippen molar-refractivity contribution in [2.24, 2.45) is 16.7 Å². The van der Waals surface area contributed by atoms with Gasteiger partial charge in [0.1, 0.15) is 0 Å². The number of hydrogen-bond donors (Lipinski definition) is 1. The molecule has 19 heavy (non-hydrogen) atoms. The van der Waals surface area contributed by atoms with E-state index in [0.29, 0.717) is 22.8 Å². The third kappa shape index (κ3) is 3.50. The second-order valence-electron chi connectivity index (χ2n) is 8.23. The van der Waals surface area contributed by atoms with E-state index in [1.54, 1.807) is 0 Å². The number of nitrogens with zero attached hydrogens (tertiary/aromatic N) is 1. The average molecular weight is 269 g/mol. The van der Waals surface area contributed by atoms with Gasteiger partial charge in [-0.25, -0.2) is 0 Å². The maximum absolute atomic E-state index is 10.0.